The van der Waals surface area contributed by atoms with Crippen LogP contribution in [0.4, 0.5) is 4.39 Å². The van der Waals surface area contributed by atoms with Crippen molar-refractivity contribution in [1.82, 2.24) is 14.8 Å². The van der Waals surface area contributed by atoms with Gasteiger partial charge in [0.2, 0.25) is 5.88 Å². The van der Waals surface area contributed by atoms with Gasteiger partial charge in [0, 0.05) is 48.0 Å². The minimum Gasteiger partial charge on any atom is -0.467 e. The Bertz CT molecular complexity index is 1070. The lowest BCUT2D eigenvalue weighted by Gasteiger charge is -2.44. The van der Waals surface area contributed by atoms with Crippen molar-refractivity contribution in [2.24, 2.45) is 0 Å². The van der Waals surface area contributed by atoms with Crippen LogP contribution in [0.25, 0.3) is 0 Å². The maximum absolute atomic E-state index is 13.1. The number of halogens is 2. The first-order valence-electron chi connectivity index (χ1n) is 10.0. The molecular weight excluding hydrogens is 505 g/mol. The molecule has 0 unspecified atom stereocenters. The zero-order valence-electron chi connectivity index (χ0n) is 17.7. The van der Waals surface area contributed by atoms with E-state index in [0.29, 0.717) is 24.1 Å². The first-order chi connectivity index (χ1) is 15.0. The molecule has 2 atom stereocenters. The van der Waals surface area contributed by atoms with E-state index in [2.05, 4.69) is 25.8 Å². The zero-order chi connectivity index (χ0) is 23.5. The third kappa shape index (κ3) is 6.71. The highest BCUT2D eigenvalue weighted by Crippen LogP contribution is 2.23. The first-order valence-corrected chi connectivity index (χ1v) is 12.4. The molecule has 1 aliphatic heterocycles. The van der Waals surface area contributed by atoms with Crippen molar-refractivity contribution in [3.8, 4) is 5.88 Å². The predicted octanol–water partition coefficient (Wildman–Crippen LogP) is 2.87. The van der Waals surface area contributed by atoms with Crippen LogP contribution in [0.2, 0.25) is 0 Å². The second kappa shape index (κ2) is 10.2. The molecule has 1 saturated heterocycles. The summed E-state index contributed by atoms with van der Waals surface area (Å²) in [7, 11) is -4.29. The number of pyridine rings is 1. The second-order valence-electron chi connectivity index (χ2n) is 7.93. The van der Waals surface area contributed by atoms with E-state index in [-0.39, 0.29) is 41.9 Å². The topological polar surface area (TPSA) is 100 Å². The summed E-state index contributed by atoms with van der Waals surface area (Å²) in [5.74, 6) is -1.20. The molecule has 1 N–H and O–H groups in total. The highest BCUT2D eigenvalue weighted by molar-refractivity contribution is 9.10. The molecular formula is C21H25BrFN3O5S. The SMILES string of the molecule is C[C@@H]1CN(Cc2ccc(F)cc2)[C@@H](C)CN1C(=O)COc1ncc(Br)cc1CS(=O)(=O)O. The Morgan fingerprint density at radius 3 is 2.59 bits per heavy atom. The highest BCUT2D eigenvalue weighted by Gasteiger charge is 2.32. The van der Waals surface area contributed by atoms with Gasteiger partial charge in [-0.15, -0.1) is 0 Å². The number of rotatable bonds is 7. The van der Waals surface area contributed by atoms with Crippen molar-refractivity contribution >= 4 is 32.0 Å². The fraction of sp³-hybridized carbons (Fsp3) is 0.429. The van der Waals surface area contributed by atoms with Crippen LogP contribution in [0.15, 0.2) is 41.0 Å². The van der Waals surface area contributed by atoms with E-state index in [9.17, 15) is 17.6 Å². The molecule has 2 aromatic rings. The van der Waals surface area contributed by atoms with E-state index < -0.39 is 15.9 Å². The van der Waals surface area contributed by atoms with E-state index in [1.54, 1.807) is 17.0 Å². The molecule has 0 saturated carbocycles. The molecule has 0 aliphatic carbocycles. The van der Waals surface area contributed by atoms with Crippen LogP contribution in [0.3, 0.4) is 0 Å². The third-order valence-corrected chi connectivity index (χ3v) is 6.41. The average molecular weight is 530 g/mol. The van der Waals surface area contributed by atoms with Crippen molar-refractivity contribution in [2.75, 3.05) is 19.7 Å². The summed E-state index contributed by atoms with van der Waals surface area (Å²) in [5.41, 5.74) is 1.15. The molecule has 0 spiro atoms. The zero-order valence-corrected chi connectivity index (χ0v) is 20.1. The lowest BCUT2D eigenvalue weighted by molar-refractivity contribution is -0.139. The highest BCUT2D eigenvalue weighted by atomic mass is 79.9. The lowest BCUT2D eigenvalue weighted by atomic mass is 10.1. The standard InChI is InChI=1S/C21H25BrFN3O5S/c1-14-10-26(15(2)9-25(14)11-16-3-5-19(23)6-4-16)20(27)12-31-21-17(13-32(28,29)30)7-18(22)8-24-21/h3-8,14-15H,9-13H2,1-2H3,(H,28,29,30)/t14-,15+/m0/s1. The normalized spacial score (nSPS) is 19.7. The molecule has 1 aromatic heterocycles. The second-order valence-corrected chi connectivity index (χ2v) is 10.3. The Morgan fingerprint density at radius 1 is 1.25 bits per heavy atom. The van der Waals surface area contributed by atoms with Gasteiger partial charge >= 0.3 is 0 Å². The molecule has 1 aromatic carbocycles. The molecule has 32 heavy (non-hydrogen) atoms. The van der Waals surface area contributed by atoms with Gasteiger partial charge in [-0.05, 0) is 53.5 Å². The van der Waals surface area contributed by atoms with Crippen LogP contribution in [-0.2, 0) is 27.2 Å². The van der Waals surface area contributed by atoms with Crippen molar-refractivity contribution in [1.29, 1.82) is 0 Å². The van der Waals surface area contributed by atoms with E-state index in [1.165, 1.54) is 24.4 Å². The van der Waals surface area contributed by atoms with Crippen LogP contribution in [-0.4, -0.2) is 65.4 Å². The van der Waals surface area contributed by atoms with E-state index >= 15 is 0 Å². The van der Waals surface area contributed by atoms with Crippen molar-refractivity contribution < 1.29 is 26.9 Å². The Labute approximate surface area is 195 Å². The molecule has 1 amide bonds. The number of aromatic nitrogens is 1. The number of benzene rings is 1. The molecule has 8 nitrogen and oxygen atoms in total. The van der Waals surface area contributed by atoms with Crippen LogP contribution < -0.4 is 4.74 Å². The number of carbonyl (C=O) groups excluding carboxylic acids is 1. The summed E-state index contributed by atoms with van der Waals surface area (Å²) in [6.07, 6.45) is 1.42. The smallest absolute Gasteiger partial charge is 0.269 e. The molecule has 3 rings (SSSR count). The number of piperazine rings is 1. The fourth-order valence-corrected chi connectivity index (χ4v) is 4.68. The summed E-state index contributed by atoms with van der Waals surface area (Å²) in [5, 5.41) is 0. The summed E-state index contributed by atoms with van der Waals surface area (Å²) in [6.45, 7) is 5.47. The molecule has 2 heterocycles. The quantitative estimate of drug-likeness (QED) is 0.550. The van der Waals surface area contributed by atoms with Gasteiger partial charge in [-0.3, -0.25) is 14.2 Å². The number of carbonyl (C=O) groups is 1. The fourth-order valence-electron chi connectivity index (χ4n) is 3.70. The van der Waals surface area contributed by atoms with Gasteiger partial charge in [0.15, 0.2) is 6.61 Å². The molecule has 0 bridgehead atoms. The monoisotopic (exact) mass is 529 g/mol. The molecule has 0 radical (unpaired) electrons. The van der Waals surface area contributed by atoms with E-state index in [1.807, 2.05) is 13.8 Å². The first kappa shape index (κ1) is 24.6. The summed E-state index contributed by atoms with van der Waals surface area (Å²) >= 11 is 3.20. The maximum atomic E-state index is 13.1. The number of amides is 1. The third-order valence-electron chi connectivity index (χ3n) is 5.30. The molecule has 174 valence electrons. The predicted molar refractivity (Wildman–Crippen MR) is 120 cm³/mol. The van der Waals surface area contributed by atoms with Gasteiger partial charge in [-0.25, -0.2) is 9.37 Å². The van der Waals surface area contributed by atoms with Gasteiger partial charge in [0.1, 0.15) is 11.6 Å². The Kier molecular flexibility index (Phi) is 7.86. The van der Waals surface area contributed by atoms with Gasteiger partial charge in [0.05, 0.1) is 0 Å². The van der Waals surface area contributed by atoms with Crippen LogP contribution in [0.5, 0.6) is 5.88 Å². The summed E-state index contributed by atoms with van der Waals surface area (Å²) in [6, 6.07) is 7.87. The van der Waals surface area contributed by atoms with Gasteiger partial charge in [-0.2, -0.15) is 8.42 Å². The molecule has 11 heteroatoms. The Hall–Kier alpha value is -2.08. The molecule has 1 aliphatic rings. The van der Waals surface area contributed by atoms with Crippen LogP contribution >= 0.6 is 15.9 Å². The Balaban J connectivity index is 1.61. The molecule has 1 fully saturated rings. The largest absolute Gasteiger partial charge is 0.467 e. The summed E-state index contributed by atoms with van der Waals surface area (Å²) < 4.78 is 50.9. The minimum atomic E-state index is -4.29. The van der Waals surface area contributed by atoms with Gasteiger partial charge in [-0.1, -0.05) is 12.1 Å². The summed E-state index contributed by atoms with van der Waals surface area (Å²) in [4.78, 5) is 20.8. The van der Waals surface area contributed by atoms with Crippen molar-refractivity contribution in [3.63, 3.8) is 0 Å². The van der Waals surface area contributed by atoms with Crippen molar-refractivity contribution in [3.05, 3.63) is 57.9 Å². The Morgan fingerprint density at radius 2 is 1.94 bits per heavy atom. The van der Waals surface area contributed by atoms with Crippen LogP contribution in [0.1, 0.15) is 25.0 Å². The van der Waals surface area contributed by atoms with E-state index in [0.717, 1.165) is 5.56 Å². The minimum absolute atomic E-state index is 0.0187. The number of hydrogen-bond donors (Lipinski definition) is 1. The van der Waals surface area contributed by atoms with Crippen LogP contribution in [0, 0.1) is 5.82 Å². The van der Waals surface area contributed by atoms with E-state index in [4.69, 9.17) is 9.29 Å². The van der Waals surface area contributed by atoms with Gasteiger partial charge < -0.3 is 9.64 Å². The van der Waals surface area contributed by atoms with Crippen molar-refractivity contribution in [2.45, 2.75) is 38.2 Å². The average Bonchev–Trinajstić information content (AvgIpc) is 2.70. The number of ether oxygens (including phenoxy) is 1. The number of hydrogen-bond acceptors (Lipinski definition) is 6. The number of nitrogens with zero attached hydrogens (tertiary/aromatic N) is 3. The lowest BCUT2D eigenvalue weighted by Crippen LogP contribution is -2.58. The van der Waals surface area contributed by atoms with Gasteiger partial charge in [0.25, 0.3) is 16.0 Å². The maximum Gasteiger partial charge on any atom is 0.269 e.